The summed E-state index contributed by atoms with van der Waals surface area (Å²) in [4.78, 5) is 13.3. The summed E-state index contributed by atoms with van der Waals surface area (Å²) in [7, 11) is 1.76. The maximum Gasteiger partial charge on any atom is 0.217 e. The minimum atomic E-state index is -0.160. The molecule has 2 N–H and O–H groups in total. The fourth-order valence-corrected chi connectivity index (χ4v) is 2.69. The van der Waals surface area contributed by atoms with Crippen molar-refractivity contribution in [3.8, 4) is 0 Å². The van der Waals surface area contributed by atoms with Crippen molar-refractivity contribution in [2.75, 3.05) is 33.4 Å². The lowest BCUT2D eigenvalue weighted by Gasteiger charge is -2.32. The van der Waals surface area contributed by atoms with E-state index in [1.165, 1.54) is 38.8 Å². The van der Waals surface area contributed by atoms with Gasteiger partial charge in [-0.1, -0.05) is 0 Å². The van der Waals surface area contributed by atoms with Crippen molar-refractivity contribution in [3.05, 3.63) is 0 Å². The zero-order chi connectivity index (χ0) is 13.2. The van der Waals surface area contributed by atoms with Crippen LogP contribution in [0, 0.1) is 5.92 Å². The van der Waals surface area contributed by atoms with E-state index in [-0.39, 0.29) is 5.91 Å². The van der Waals surface area contributed by atoms with Crippen molar-refractivity contribution in [1.29, 1.82) is 0 Å². The van der Waals surface area contributed by atoms with Crippen LogP contribution in [0.25, 0.3) is 0 Å². The maximum atomic E-state index is 10.8. The number of likely N-dealkylation sites (tertiary alicyclic amines) is 1. The normalized spacial score (nSPS) is 21.1. The van der Waals surface area contributed by atoms with E-state index in [0.29, 0.717) is 12.3 Å². The van der Waals surface area contributed by atoms with Crippen molar-refractivity contribution in [2.24, 2.45) is 11.7 Å². The topological polar surface area (TPSA) is 55.6 Å². The number of nitrogens with two attached hydrogens (primary N) is 1. The molecular weight excluding hydrogens is 228 g/mol. The fraction of sp³-hybridized carbons (Fsp3) is 0.929. The SMILES string of the molecule is COCCCCCN1CCCC(CCC(N)=O)C1. The molecule has 18 heavy (non-hydrogen) atoms. The lowest BCUT2D eigenvalue weighted by Crippen LogP contribution is -2.36. The molecule has 1 unspecified atom stereocenters. The van der Waals surface area contributed by atoms with Gasteiger partial charge in [-0.2, -0.15) is 0 Å². The molecule has 0 aromatic heterocycles. The molecule has 0 radical (unpaired) electrons. The first-order valence-corrected chi connectivity index (χ1v) is 7.22. The molecule has 0 spiro atoms. The smallest absolute Gasteiger partial charge is 0.217 e. The number of nitrogens with zero attached hydrogens (tertiary/aromatic N) is 1. The maximum absolute atomic E-state index is 10.8. The van der Waals surface area contributed by atoms with E-state index in [0.717, 1.165) is 26.0 Å². The molecule has 1 fully saturated rings. The number of amides is 1. The summed E-state index contributed by atoms with van der Waals surface area (Å²) in [6, 6.07) is 0. The van der Waals surface area contributed by atoms with Gasteiger partial charge in [0, 0.05) is 26.7 Å². The Bertz CT molecular complexity index is 234. The summed E-state index contributed by atoms with van der Waals surface area (Å²) in [5, 5.41) is 0. The largest absolute Gasteiger partial charge is 0.385 e. The highest BCUT2D eigenvalue weighted by molar-refractivity contribution is 5.73. The minimum absolute atomic E-state index is 0.160. The second-order valence-electron chi connectivity index (χ2n) is 5.37. The molecule has 1 aliphatic rings. The Morgan fingerprint density at radius 2 is 2.22 bits per heavy atom. The van der Waals surface area contributed by atoms with Gasteiger partial charge in [-0.25, -0.2) is 0 Å². The molecular formula is C14H28N2O2. The van der Waals surface area contributed by atoms with Crippen LogP contribution in [0.3, 0.4) is 0 Å². The summed E-state index contributed by atoms with van der Waals surface area (Å²) in [6.07, 6.45) is 7.70. The number of piperidine rings is 1. The van der Waals surface area contributed by atoms with Crippen LogP contribution in [0.2, 0.25) is 0 Å². The quantitative estimate of drug-likeness (QED) is 0.640. The molecule has 4 nitrogen and oxygen atoms in total. The van der Waals surface area contributed by atoms with Gasteiger partial charge in [0.05, 0.1) is 0 Å². The lowest BCUT2D eigenvalue weighted by atomic mass is 9.93. The zero-order valence-corrected chi connectivity index (χ0v) is 11.7. The van der Waals surface area contributed by atoms with Crippen molar-refractivity contribution < 1.29 is 9.53 Å². The van der Waals surface area contributed by atoms with Crippen molar-refractivity contribution >= 4 is 5.91 Å². The highest BCUT2D eigenvalue weighted by Crippen LogP contribution is 2.21. The Hall–Kier alpha value is -0.610. The van der Waals surface area contributed by atoms with Gasteiger partial charge in [0.2, 0.25) is 5.91 Å². The Morgan fingerprint density at radius 1 is 1.39 bits per heavy atom. The number of primary amides is 1. The molecule has 0 aromatic carbocycles. The summed E-state index contributed by atoms with van der Waals surface area (Å²) in [5.74, 6) is 0.511. The first-order chi connectivity index (χ1) is 8.72. The number of methoxy groups -OCH3 is 1. The summed E-state index contributed by atoms with van der Waals surface area (Å²) >= 11 is 0. The van der Waals surface area contributed by atoms with Crippen LogP contribution in [-0.2, 0) is 9.53 Å². The third kappa shape index (κ3) is 6.97. The molecule has 1 aliphatic heterocycles. The van der Waals surface area contributed by atoms with E-state index in [1.807, 2.05) is 0 Å². The average molecular weight is 256 g/mol. The average Bonchev–Trinajstić information content (AvgIpc) is 2.37. The third-order valence-corrected chi connectivity index (χ3v) is 3.72. The zero-order valence-electron chi connectivity index (χ0n) is 11.7. The van der Waals surface area contributed by atoms with Crippen LogP contribution in [0.15, 0.2) is 0 Å². The molecule has 0 aliphatic carbocycles. The molecule has 4 heteroatoms. The highest BCUT2D eigenvalue weighted by atomic mass is 16.5. The van der Waals surface area contributed by atoms with Gasteiger partial charge in [0.15, 0.2) is 0 Å². The number of carbonyl (C=O) groups is 1. The molecule has 1 heterocycles. The van der Waals surface area contributed by atoms with E-state index in [4.69, 9.17) is 10.5 Å². The highest BCUT2D eigenvalue weighted by Gasteiger charge is 2.19. The predicted molar refractivity (Wildman–Crippen MR) is 73.3 cm³/mol. The molecule has 1 amide bonds. The van der Waals surface area contributed by atoms with Crippen LogP contribution < -0.4 is 5.73 Å². The number of unbranched alkanes of at least 4 members (excludes halogenated alkanes) is 2. The van der Waals surface area contributed by atoms with Gasteiger partial charge in [-0.15, -0.1) is 0 Å². The molecule has 1 rings (SSSR count). The molecule has 0 aromatic rings. The van der Waals surface area contributed by atoms with Crippen LogP contribution in [0.1, 0.15) is 44.9 Å². The molecule has 106 valence electrons. The van der Waals surface area contributed by atoms with E-state index in [1.54, 1.807) is 7.11 Å². The summed E-state index contributed by atoms with van der Waals surface area (Å²) in [6.45, 7) is 4.44. The number of hydrogen-bond donors (Lipinski definition) is 1. The predicted octanol–water partition coefficient (Wildman–Crippen LogP) is 1.78. The van der Waals surface area contributed by atoms with Crippen LogP contribution in [-0.4, -0.2) is 44.2 Å². The molecule has 1 saturated heterocycles. The van der Waals surface area contributed by atoms with Crippen LogP contribution in [0.4, 0.5) is 0 Å². The van der Waals surface area contributed by atoms with E-state index in [2.05, 4.69) is 4.90 Å². The molecule has 0 bridgehead atoms. The molecule has 1 atom stereocenters. The van der Waals surface area contributed by atoms with E-state index < -0.39 is 0 Å². The third-order valence-electron chi connectivity index (χ3n) is 3.72. The van der Waals surface area contributed by atoms with Gasteiger partial charge in [0.25, 0.3) is 0 Å². The standard InChI is InChI=1S/C14H28N2O2/c1-18-11-4-2-3-9-16-10-5-6-13(12-16)7-8-14(15)17/h13H,2-12H2,1H3,(H2,15,17). The number of hydrogen-bond acceptors (Lipinski definition) is 3. The number of carbonyl (C=O) groups excluding carboxylic acids is 1. The van der Waals surface area contributed by atoms with Gasteiger partial charge >= 0.3 is 0 Å². The van der Waals surface area contributed by atoms with Gasteiger partial charge in [-0.05, 0) is 57.5 Å². The van der Waals surface area contributed by atoms with E-state index >= 15 is 0 Å². The fourth-order valence-electron chi connectivity index (χ4n) is 2.69. The monoisotopic (exact) mass is 256 g/mol. The Morgan fingerprint density at radius 3 is 2.94 bits per heavy atom. The number of rotatable bonds is 9. The second-order valence-corrected chi connectivity index (χ2v) is 5.37. The summed E-state index contributed by atoms with van der Waals surface area (Å²) in [5.41, 5.74) is 5.21. The minimum Gasteiger partial charge on any atom is -0.385 e. The van der Waals surface area contributed by atoms with E-state index in [9.17, 15) is 4.79 Å². The van der Waals surface area contributed by atoms with Crippen molar-refractivity contribution in [2.45, 2.75) is 44.9 Å². The van der Waals surface area contributed by atoms with Gasteiger partial charge in [-0.3, -0.25) is 4.79 Å². The Kier molecular flexibility index (Phi) is 8.01. The van der Waals surface area contributed by atoms with Crippen molar-refractivity contribution in [3.63, 3.8) is 0 Å². The molecule has 0 saturated carbocycles. The van der Waals surface area contributed by atoms with Gasteiger partial charge < -0.3 is 15.4 Å². The second kappa shape index (κ2) is 9.34. The summed E-state index contributed by atoms with van der Waals surface area (Å²) < 4.78 is 5.05. The van der Waals surface area contributed by atoms with Crippen molar-refractivity contribution in [1.82, 2.24) is 4.90 Å². The Balaban J connectivity index is 2.08. The first-order valence-electron chi connectivity index (χ1n) is 7.22. The van der Waals surface area contributed by atoms with Crippen LogP contribution >= 0.6 is 0 Å². The Labute approximate surface area is 111 Å². The van der Waals surface area contributed by atoms with Gasteiger partial charge in [0.1, 0.15) is 0 Å². The van der Waals surface area contributed by atoms with Crippen LogP contribution in [0.5, 0.6) is 0 Å². The first kappa shape index (κ1) is 15.4. The number of ether oxygens (including phenoxy) is 1. The lowest BCUT2D eigenvalue weighted by molar-refractivity contribution is -0.118.